The summed E-state index contributed by atoms with van der Waals surface area (Å²) >= 11 is 0. The topological polar surface area (TPSA) is 50.2 Å². The second-order valence-electron chi connectivity index (χ2n) is 3.26. The van der Waals surface area contributed by atoms with Crippen LogP contribution in [0.4, 0.5) is 0 Å². The molecule has 0 aliphatic rings. The Balaban J connectivity index is 2.78. The van der Waals surface area contributed by atoms with Gasteiger partial charge in [-0.1, -0.05) is 13.8 Å². The molecule has 4 heteroatoms. The number of hydrogen-bond donors (Lipinski definition) is 1. The van der Waals surface area contributed by atoms with Gasteiger partial charge in [0.2, 0.25) is 0 Å². The van der Waals surface area contributed by atoms with Crippen LogP contribution in [0.15, 0.2) is 16.9 Å². The van der Waals surface area contributed by atoms with Crippen molar-refractivity contribution in [2.24, 2.45) is 0 Å². The maximum Gasteiger partial charge on any atom is 0.251 e. The van der Waals surface area contributed by atoms with Crippen LogP contribution in [0.25, 0.3) is 5.65 Å². The van der Waals surface area contributed by atoms with Gasteiger partial charge in [0, 0.05) is 17.8 Å². The van der Waals surface area contributed by atoms with Crippen LogP contribution in [-0.4, -0.2) is 14.6 Å². The fourth-order valence-corrected chi connectivity index (χ4v) is 1.54. The molecule has 0 bridgehead atoms. The first kappa shape index (κ1) is 8.99. The Kier molecular flexibility index (Phi) is 2.11. The molecule has 0 aromatic carbocycles. The van der Waals surface area contributed by atoms with Crippen molar-refractivity contribution < 1.29 is 0 Å². The Labute approximate surface area is 81.6 Å². The minimum absolute atomic E-state index is 0.0584. The molecule has 2 aromatic heterocycles. The first-order valence-electron chi connectivity index (χ1n) is 4.85. The summed E-state index contributed by atoms with van der Waals surface area (Å²) in [6.07, 6.45) is 1.69. The van der Waals surface area contributed by atoms with Gasteiger partial charge in [0.1, 0.15) is 5.65 Å². The molecule has 0 atom stereocenters. The number of rotatable bonds is 2. The Morgan fingerprint density at radius 1 is 1.36 bits per heavy atom. The highest BCUT2D eigenvalue weighted by atomic mass is 16.1. The van der Waals surface area contributed by atoms with Gasteiger partial charge in [-0.25, -0.2) is 4.52 Å². The van der Waals surface area contributed by atoms with E-state index in [0.717, 1.165) is 29.9 Å². The molecule has 2 aromatic rings. The number of fused-ring (bicyclic) bond motifs is 1. The molecule has 0 unspecified atom stereocenters. The summed E-state index contributed by atoms with van der Waals surface area (Å²) in [5.41, 5.74) is 2.67. The molecular formula is C10H13N3O. The second kappa shape index (κ2) is 3.29. The van der Waals surface area contributed by atoms with Crippen LogP contribution in [-0.2, 0) is 12.8 Å². The molecule has 0 saturated heterocycles. The lowest BCUT2D eigenvalue weighted by molar-refractivity contribution is 0.817. The van der Waals surface area contributed by atoms with E-state index < -0.39 is 0 Å². The van der Waals surface area contributed by atoms with Crippen molar-refractivity contribution in [1.29, 1.82) is 0 Å². The van der Waals surface area contributed by atoms with E-state index in [2.05, 4.69) is 10.1 Å². The van der Waals surface area contributed by atoms with Gasteiger partial charge in [0.15, 0.2) is 0 Å². The number of hydrogen-bond acceptors (Lipinski definition) is 2. The van der Waals surface area contributed by atoms with Gasteiger partial charge in [-0.2, -0.15) is 5.10 Å². The summed E-state index contributed by atoms with van der Waals surface area (Å²) in [6.45, 7) is 4.06. The summed E-state index contributed by atoms with van der Waals surface area (Å²) < 4.78 is 1.81. The first-order chi connectivity index (χ1) is 6.74. The van der Waals surface area contributed by atoms with E-state index in [1.807, 2.05) is 19.9 Å². The average Bonchev–Trinajstić information content (AvgIpc) is 2.59. The minimum Gasteiger partial charge on any atom is -0.307 e. The molecule has 2 heterocycles. The van der Waals surface area contributed by atoms with Crippen molar-refractivity contribution in [2.45, 2.75) is 26.7 Å². The lowest BCUT2D eigenvalue weighted by Crippen LogP contribution is -2.11. The molecule has 0 spiro atoms. The van der Waals surface area contributed by atoms with E-state index in [0.29, 0.717) is 0 Å². The zero-order chi connectivity index (χ0) is 10.1. The van der Waals surface area contributed by atoms with E-state index >= 15 is 0 Å². The van der Waals surface area contributed by atoms with E-state index in [4.69, 9.17) is 0 Å². The number of H-pyrrole nitrogens is 1. The van der Waals surface area contributed by atoms with Gasteiger partial charge in [-0.15, -0.1) is 0 Å². The third-order valence-electron chi connectivity index (χ3n) is 2.31. The second-order valence-corrected chi connectivity index (χ2v) is 3.26. The van der Waals surface area contributed by atoms with Crippen LogP contribution in [0.2, 0.25) is 0 Å². The van der Waals surface area contributed by atoms with Crippen LogP contribution in [0, 0.1) is 0 Å². The van der Waals surface area contributed by atoms with Crippen molar-refractivity contribution in [3.05, 3.63) is 33.9 Å². The summed E-state index contributed by atoms with van der Waals surface area (Å²) in [5, 5.41) is 4.39. The summed E-state index contributed by atoms with van der Waals surface area (Å²) in [6, 6.07) is 3.51. The molecule has 4 nitrogen and oxygen atoms in total. The zero-order valence-corrected chi connectivity index (χ0v) is 8.37. The van der Waals surface area contributed by atoms with E-state index in [9.17, 15) is 4.79 Å². The summed E-state index contributed by atoms with van der Waals surface area (Å²) in [7, 11) is 0. The fraction of sp³-hybridized carbons (Fsp3) is 0.400. The first-order valence-corrected chi connectivity index (χ1v) is 4.85. The zero-order valence-electron chi connectivity index (χ0n) is 8.37. The van der Waals surface area contributed by atoms with Gasteiger partial charge in [-0.05, 0) is 12.8 Å². The molecule has 0 fully saturated rings. The SMILES string of the molecule is CCc1cc2[nH]c(=O)cc(CC)n2n1. The maximum atomic E-state index is 11.3. The third-order valence-corrected chi connectivity index (χ3v) is 2.31. The molecule has 0 saturated carbocycles. The minimum atomic E-state index is -0.0584. The van der Waals surface area contributed by atoms with Crippen molar-refractivity contribution in [2.75, 3.05) is 0 Å². The lowest BCUT2D eigenvalue weighted by Gasteiger charge is -1.99. The molecule has 0 aliphatic heterocycles. The van der Waals surface area contributed by atoms with E-state index in [1.165, 1.54) is 0 Å². The predicted molar refractivity (Wildman–Crippen MR) is 54.6 cm³/mol. The summed E-state index contributed by atoms with van der Waals surface area (Å²) in [4.78, 5) is 14.0. The fourth-order valence-electron chi connectivity index (χ4n) is 1.54. The van der Waals surface area contributed by atoms with Gasteiger partial charge in [-0.3, -0.25) is 4.79 Å². The third kappa shape index (κ3) is 1.32. The molecule has 0 aliphatic carbocycles. The molecule has 2 rings (SSSR count). The monoisotopic (exact) mass is 191 g/mol. The highest BCUT2D eigenvalue weighted by Gasteiger charge is 2.04. The number of aromatic amines is 1. The van der Waals surface area contributed by atoms with Crippen LogP contribution < -0.4 is 5.56 Å². The highest BCUT2D eigenvalue weighted by molar-refractivity contribution is 5.40. The lowest BCUT2D eigenvalue weighted by atomic mass is 10.3. The number of nitrogens with one attached hydrogen (secondary N) is 1. The molecule has 0 radical (unpaired) electrons. The quantitative estimate of drug-likeness (QED) is 0.774. The molecule has 74 valence electrons. The van der Waals surface area contributed by atoms with Crippen molar-refractivity contribution in [3.63, 3.8) is 0 Å². The Bertz CT molecular complexity index is 510. The maximum absolute atomic E-state index is 11.3. The van der Waals surface area contributed by atoms with Crippen LogP contribution in [0.3, 0.4) is 0 Å². The van der Waals surface area contributed by atoms with Gasteiger partial charge in [0.25, 0.3) is 5.56 Å². The number of nitrogens with zero attached hydrogens (tertiary/aromatic N) is 2. The van der Waals surface area contributed by atoms with E-state index in [1.54, 1.807) is 10.6 Å². The summed E-state index contributed by atoms with van der Waals surface area (Å²) in [5.74, 6) is 0. The number of aryl methyl sites for hydroxylation is 2. The van der Waals surface area contributed by atoms with Crippen molar-refractivity contribution in [1.82, 2.24) is 14.6 Å². The molecular weight excluding hydrogens is 178 g/mol. The van der Waals surface area contributed by atoms with Crippen molar-refractivity contribution >= 4 is 5.65 Å². The van der Waals surface area contributed by atoms with Crippen LogP contribution in [0.1, 0.15) is 25.2 Å². The van der Waals surface area contributed by atoms with Crippen LogP contribution in [0.5, 0.6) is 0 Å². The smallest absolute Gasteiger partial charge is 0.251 e. The number of aromatic nitrogens is 3. The molecule has 1 N–H and O–H groups in total. The van der Waals surface area contributed by atoms with Gasteiger partial charge in [0.05, 0.1) is 5.69 Å². The van der Waals surface area contributed by atoms with Gasteiger partial charge >= 0.3 is 0 Å². The van der Waals surface area contributed by atoms with E-state index in [-0.39, 0.29) is 5.56 Å². The predicted octanol–water partition coefficient (Wildman–Crippen LogP) is 1.15. The normalized spacial score (nSPS) is 11.0. The Morgan fingerprint density at radius 2 is 2.14 bits per heavy atom. The standard InChI is InChI=1S/C10H13N3O/c1-3-7-5-9-11-10(14)6-8(4-2)13(9)12-7/h5-6H,3-4H2,1-2H3,(H,11,14). The Hall–Kier alpha value is -1.58. The highest BCUT2D eigenvalue weighted by Crippen LogP contribution is 2.05. The van der Waals surface area contributed by atoms with Crippen LogP contribution >= 0.6 is 0 Å². The van der Waals surface area contributed by atoms with Gasteiger partial charge < -0.3 is 4.98 Å². The average molecular weight is 191 g/mol. The van der Waals surface area contributed by atoms with Crippen molar-refractivity contribution in [3.8, 4) is 0 Å². The largest absolute Gasteiger partial charge is 0.307 e. The Morgan fingerprint density at radius 3 is 2.79 bits per heavy atom. The molecule has 14 heavy (non-hydrogen) atoms. The molecule has 0 amide bonds.